The van der Waals surface area contributed by atoms with Crippen LogP contribution in [-0.2, 0) is 20.6 Å². The molecule has 0 fully saturated rings. The molecule has 0 saturated heterocycles. The summed E-state index contributed by atoms with van der Waals surface area (Å²) in [5.41, 5.74) is -0.990. The number of hydrogen-bond donors (Lipinski definition) is 3. The SMILES string of the molecule is O=C(CNC(=O)C(=O)Nc1cccc(C(F)(F)F)c1)Nc1cc(Cl)ccc1Cl. The minimum absolute atomic E-state index is 0.210. The maximum atomic E-state index is 12.7. The van der Waals surface area contributed by atoms with Crippen LogP contribution in [0.25, 0.3) is 0 Å². The Hall–Kier alpha value is -2.78. The Morgan fingerprint density at radius 3 is 2.32 bits per heavy atom. The van der Waals surface area contributed by atoms with E-state index in [1.807, 2.05) is 10.6 Å². The van der Waals surface area contributed by atoms with Crippen molar-refractivity contribution in [1.82, 2.24) is 5.32 Å². The number of carbonyl (C=O) groups is 3. The van der Waals surface area contributed by atoms with Gasteiger partial charge >= 0.3 is 18.0 Å². The van der Waals surface area contributed by atoms with Gasteiger partial charge in [0.1, 0.15) is 0 Å². The van der Waals surface area contributed by atoms with Gasteiger partial charge in [0.25, 0.3) is 0 Å². The zero-order valence-electron chi connectivity index (χ0n) is 13.9. The monoisotopic (exact) mass is 433 g/mol. The molecule has 0 aromatic heterocycles. The molecule has 2 rings (SSSR count). The second-order valence-corrected chi connectivity index (χ2v) is 6.23. The highest BCUT2D eigenvalue weighted by Gasteiger charge is 2.30. The molecule has 28 heavy (non-hydrogen) atoms. The Labute approximate surface area is 167 Å². The molecule has 0 aliphatic rings. The van der Waals surface area contributed by atoms with Gasteiger partial charge in [-0.2, -0.15) is 13.2 Å². The quantitative estimate of drug-likeness (QED) is 0.642. The highest BCUT2D eigenvalue weighted by molar-refractivity contribution is 6.40. The van der Waals surface area contributed by atoms with Crippen LogP contribution in [0.3, 0.4) is 0 Å². The Bertz CT molecular complexity index is 920. The summed E-state index contributed by atoms with van der Waals surface area (Å²) in [4.78, 5) is 35.3. The highest BCUT2D eigenvalue weighted by Crippen LogP contribution is 2.30. The summed E-state index contributed by atoms with van der Waals surface area (Å²) in [7, 11) is 0. The smallest absolute Gasteiger partial charge is 0.339 e. The lowest BCUT2D eigenvalue weighted by Gasteiger charge is -2.10. The number of carbonyl (C=O) groups excluding carboxylic acids is 3. The summed E-state index contributed by atoms with van der Waals surface area (Å²) < 4.78 is 38.0. The lowest BCUT2D eigenvalue weighted by molar-refractivity contribution is -0.137. The van der Waals surface area contributed by atoms with Crippen molar-refractivity contribution in [1.29, 1.82) is 0 Å². The molecule has 2 aromatic carbocycles. The van der Waals surface area contributed by atoms with Crippen LogP contribution in [0, 0.1) is 0 Å². The van der Waals surface area contributed by atoms with Gasteiger partial charge < -0.3 is 16.0 Å². The van der Waals surface area contributed by atoms with Crippen LogP contribution in [0.4, 0.5) is 24.5 Å². The maximum Gasteiger partial charge on any atom is 0.416 e. The summed E-state index contributed by atoms with van der Waals surface area (Å²) in [6.45, 7) is -0.572. The van der Waals surface area contributed by atoms with Crippen LogP contribution < -0.4 is 16.0 Å². The molecule has 11 heteroatoms. The van der Waals surface area contributed by atoms with Crippen molar-refractivity contribution >= 4 is 52.3 Å². The topological polar surface area (TPSA) is 87.3 Å². The molecule has 0 saturated carbocycles. The van der Waals surface area contributed by atoms with E-state index in [9.17, 15) is 27.6 Å². The fourth-order valence-corrected chi connectivity index (χ4v) is 2.33. The number of rotatable bonds is 4. The Morgan fingerprint density at radius 2 is 1.64 bits per heavy atom. The van der Waals surface area contributed by atoms with Crippen molar-refractivity contribution in [3.63, 3.8) is 0 Å². The highest BCUT2D eigenvalue weighted by atomic mass is 35.5. The molecule has 0 heterocycles. The van der Waals surface area contributed by atoms with Crippen molar-refractivity contribution in [2.45, 2.75) is 6.18 Å². The maximum absolute atomic E-state index is 12.7. The molecule has 0 radical (unpaired) electrons. The summed E-state index contributed by atoms with van der Waals surface area (Å²) in [5.74, 6) is -3.12. The largest absolute Gasteiger partial charge is 0.416 e. The standard InChI is InChI=1S/C17H12Cl2F3N3O3/c18-10-4-5-12(19)13(7-10)25-14(26)8-23-15(27)16(28)24-11-3-1-2-9(6-11)17(20,21)22/h1-7H,8H2,(H,23,27)(H,24,28)(H,25,26). The van der Waals surface area contributed by atoms with E-state index in [-0.39, 0.29) is 16.4 Å². The van der Waals surface area contributed by atoms with Gasteiger partial charge in [0.2, 0.25) is 5.91 Å². The van der Waals surface area contributed by atoms with Crippen molar-refractivity contribution in [3.05, 3.63) is 58.1 Å². The molecule has 0 spiro atoms. The molecular weight excluding hydrogens is 422 g/mol. The molecule has 0 bridgehead atoms. The summed E-state index contributed by atoms with van der Waals surface area (Å²) in [6, 6.07) is 8.14. The number of hydrogen-bond acceptors (Lipinski definition) is 3. The van der Waals surface area contributed by atoms with E-state index >= 15 is 0 Å². The molecule has 6 nitrogen and oxygen atoms in total. The van der Waals surface area contributed by atoms with Crippen molar-refractivity contribution in [3.8, 4) is 0 Å². The van der Waals surface area contributed by atoms with Crippen LogP contribution in [0.2, 0.25) is 10.0 Å². The van der Waals surface area contributed by atoms with Gasteiger partial charge in [-0.1, -0.05) is 29.3 Å². The normalized spacial score (nSPS) is 10.9. The van der Waals surface area contributed by atoms with Crippen molar-refractivity contribution in [2.75, 3.05) is 17.2 Å². The predicted molar refractivity (Wildman–Crippen MR) is 98.2 cm³/mol. The average molecular weight is 434 g/mol. The average Bonchev–Trinajstić information content (AvgIpc) is 2.62. The van der Waals surface area contributed by atoms with Gasteiger partial charge in [-0.05, 0) is 36.4 Å². The van der Waals surface area contributed by atoms with Crippen LogP contribution in [0.15, 0.2) is 42.5 Å². The van der Waals surface area contributed by atoms with Crippen LogP contribution in [-0.4, -0.2) is 24.3 Å². The summed E-state index contributed by atoms with van der Waals surface area (Å²) in [6.07, 6.45) is -4.59. The fourth-order valence-electron chi connectivity index (χ4n) is 1.99. The molecule has 2 aromatic rings. The van der Waals surface area contributed by atoms with Crippen molar-refractivity contribution in [2.24, 2.45) is 0 Å². The molecule has 0 atom stereocenters. The van der Waals surface area contributed by atoms with E-state index in [1.165, 1.54) is 24.3 Å². The first kappa shape index (κ1) is 21.5. The first-order valence-corrected chi connectivity index (χ1v) is 8.33. The Balaban J connectivity index is 1.90. The van der Waals surface area contributed by atoms with Gasteiger partial charge in [-0.25, -0.2) is 0 Å². The number of alkyl halides is 3. The van der Waals surface area contributed by atoms with E-state index in [2.05, 4.69) is 5.32 Å². The Kier molecular flexibility index (Phi) is 6.87. The zero-order valence-corrected chi connectivity index (χ0v) is 15.4. The third kappa shape index (κ3) is 6.14. The van der Waals surface area contributed by atoms with Gasteiger partial charge in [0.05, 0.1) is 22.8 Å². The van der Waals surface area contributed by atoms with Crippen LogP contribution in [0.1, 0.15) is 5.56 Å². The lowest BCUT2D eigenvalue weighted by Crippen LogP contribution is -2.39. The van der Waals surface area contributed by atoms with Gasteiger partial charge in [-0.3, -0.25) is 14.4 Å². The first-order valence-electron chi connectivity index (χ1n) is 7.57. The van der Waals surface area contributed by atoms with E-state index in [1.54, 1.807) is 0 Å². The van der Waals surface area contributed by atoms with E-state index in [4.69, 9.17) is 23.2 Å². The van der Waals surface area contributed by atoms with E-state index in [0.29, 0.717) is 11.1 Å². The molecule has 148 valence electrons. The van der Waals surface area contributed by atoms with Gasteiger partial charge in [0.15, 0.2) is 0 Å². The minimum Gasteiger partial charge on any atom is -0.339 e. The molecular formula is C17H12Cl2F3N3O3. The van der Waals surface area contributed by atoms with E-state index < -0.39 is 36.0 Å². The van der Waals surface area contributed by atoms with Crippen molar-refractivity contribution < 1.29 is 27.6 Å². The second-order valence-electron chi connectivity index (χ2n) is 5.39. The predicted octanol–water partition coefficient (Wildman–Crippen LogP) is 3.71. The molecule has 3 N–H and O–H groups in total. The number of halogens is 5. The molecule has 0 aliphatic heterocycles. The Morgan fingerprint density at radius 1 is 0.929 bits per heavy atom. The molecule has 3 amide bonds. The zero-order chi connectivity index (χ0) is 20.9. The lowest BCUT2D eigenvalue weighted by atomic mass is 10.2. The summed E-state index contributed by atoms with van der Waals surface area (Å²) in [5, 5.41) is 6.99. The third-order valence-corrected chi connectivity index (χ3v) is 3.83. The number of anilines is 2. The molecule has 0 unspecified atom stereocenters. The number of amides is 3. The second kappa shape index (κ2) is 8.94. The van der Waals surface area contributed by atoms with Gasteiger partial charge in [-0.15, -0.1) is 0 Å². The number of nitrogens with one attached hydrogen (secondary N) is 3. The van der Waals surface area contributed by atoms with E-state index in [0.717, 1.165) is 12.1 Å². The van der Waals surface area contributed by atoms with Crippen LogP contribution >= 0.6 is 23.2 Å². The van der Waals surface area contributed by atoms with Crippen LogP contribution in [0.5, 0.6) is 0 Å². The third-order valence-electron chi connectivity index (χ3n) is 3.27. The fraction of sp³-hybridized carbons (Fsp3) is 0.118. The summed E-state index contributed by atoms with van der Waals surface area (Å²) >= 11 is 11.7. The van der Waals surface area contributed by atoms with Gasteiger partial charge in [0, 0.05) is 10.7 Å². The first-order chi connectivity index (χ1) is 13.1. The molecule has 0 aliphatic carbocycles. The minimum atomic E-state index is -4.59. The number of benzene rings is 2.